The summed E-state index contributed by atoms with van der Waals surface area (Å²) in [5.74, 6) is -6.83. The van der Waals surface area contributed by atoms with Crippen molar-refractivity contribution in [2.24, 2.45) is 16.7 Å². The van der Waals surface area contributed by atoms with Crippen molar-refractivity contribution >= 4 is 41.6 Å². The van der Waals surface area contributed by atoms with E-state index in [4.69, 9.17) is 23.7 Å². The molecule has 7 rings (SSSR count). The van der Waals surface area contributed by atoms with E-state index < -0.39 is 125 Å². The fourth-order valence-corrected chi connectivity index (χ4v) is 10.5. The lowest BCUT2D eigenvalue weighted by molar-refractivity contribution is -0.345. The van der Waals surface area contributed by atoms with Crippen LogP contribution in [0.2, 0.25) is 0 Å². The molecule has 0 spiro atoms. The quantitative estimate of drug-likeness (QED) is 0.0995. The first-order chi connectivity index (χ1) is 32.1. The van der Waals surface area contributed by atoms with Crippen molar-refractivity contribution < 1.29 is 72.6 Å². The number of aliphatic hydroxyl groups is 3. The van der Waals surface area contributed by atoms with Gasteiger partial charge in [-0.15, -0.1) is 0 Å². The summed E-state index contributed by atoms with van der Waals surface area (Å²) in [4.78, 5) is 99.0. The lowest BCUT2D eigenvalue weighted by Crippen LogP contribution is -2.82. The lowest BCUT2D eigenvalue weighted by atomic mass is 9.44. The van der Waals surface area contributed by atoms with Gasteiger partial charge in [0, 0.05) is 44.8 Å². The number of amides is 3. The SMILES string of the molecule is CC(=O)O[C@@]12CO[C@@H]1C[C@H](O)[C@@]1(C)C(=O)[C@H](OC(=O)NCC(=O)N(C)C)C3=C(C)[C@@H](OC(=O)[C@H](O)[C@@H](NC(=O)c4ccccc4)c4ccccc4)C[C@@](O)([C@@H](OC(=O)c4ccccc4)[C@H]21)C3(C)C. The van der Waals surface area contributed by atoms with Crippen LogP contribution in [0.5, 0.6) is 0 Å². The Balaban J connectivity index is 1.40. The Hall–Kier alpha value is -6.47. The van der Waals surface area contributed by atoms with Crippen molar-refractivity contribution in [3.63, 3.8) is 0 Å². The molecule has 0 unspecified atom stereocenters. The summed E-state index contributed by atoms with van der Waals surface area (Å²) in [5, 5.41) is 43.0. The molecule has 3 aromatic rings. The molecular formula is C50H57N3O15. The fourth-order valence-electron chi connectivity index (χ4n) is 10.5. The molecule has 1 saturated heterocycles. The second-order valence-corrected chi connectivity index (χ2v) is 18.8. The largest absolute Gasteiger partial charge is 0.456 e. The van der Waals surface area contributed by atoms with Crippen LogP contribution in [-0.2, 0) is 42.9 Å². The summed E-state index contributed by atoms with van der Waals surface area (Å²) in [6, 6.07) is 22.6. The number of rotatable bonds is 12. The number of esters is 3. The number of nitrogens with zero attached hydrogens (tertiary/aromatic N) is 1. The number of aliphatic hydroxyl groups excluding tert-OH is 2. The molecule has 4 aliphatic rings. The molecule has 362 valence electrons. The summed E-state index contributed by atoms with van der Waals surface area (Å²) in [6.07, 6.45) is -12.5. The van der Waals surface area contributed by atoms with Crippen LogP contribution in [0.1, 0.15) is 79.8 Å². The minimum atomic E-state index is -2.49. The normalized spacial score (nSPS) is 29.9. The van der Waals surface area contributed by atoms with E-state index in [9.17, 15) is 44.1 Å². The van der Waals surface area contributed by atoms with Crippen LogP contribution >= 0.6 is 0 Å². The highest BCUT2D eigenvalue weighted by Crippen LogP contribution is 2.64. The zero-order chi connectivity index (χ0) is 49.5. The molecule has 0 aromatic heterocycles. The number of benzene rings is 3. The van der Waals surface area contributed by atoms with Gasteiger partial charge in [-0.2, -0.15) is 0 Å². The van der Waals surface area contributed by atoms with Crippen LogP contribution in [0.4, 0.5) is 4.79 Å². The third-order valence-corrected chi connectivity index (χ3v) is 14.3. The second-order valence-electron chi connectivity index (χ2n) is 18.8. The summed E-state index contributed by atoms with van der Waals surface area (Å²) in [5.41, 5.74) is -7.72. The molecule has 2 bridgehead atoms. The highest BCUT2D eigenvalue weighted by molar-refractivity contribution is 5.96. The molecule has 3 aliphatic carbocycles. The van der Waals surface area contributed by atoms with Gasteiger partial charge in [-0.05, 0) is 54.8 Å². The topological polar surface area (TPSA) is 254 Å². The van der Waals surface area contributed by atoms with Crippen molar-refractivity contribution in [3.05, 3.63) is 119 Å². The van der Waals surface area contributed by atoms with Crippen LogP contribution in [0, 0.1) is 16.7 Å². The molecule has 18 heteroatoms. The van der Waals surface area contributed by atoms with E-state index in [1.165, 1.54) is 58.8 Å². The van der Waals surface area contributed by atoms with E-state index in [2.05, 4.69) is 10.6 Å². The summed E-state index contributed by atoms with van der Waals surface area (Å²) in [6.45, 7) is 6.07. The molecule has 18 nitrogen and oxygen atoms in total. The third-order valence-electron chi connectivity index (χ3n) is 14.3. The highest BCUT2D eigenvalue weighted by atomic mass is 16.6. The minimum Gasteiger partial charge on any atom is -0.456 e. The van der Waals surface area contributed by atoms with Gasteiger partial charge in [-0.25, -0.2) is 14.4 Å². The lowest BCUT2D eigenvalue weighted by Gasteiger charge is -2.67. The van der Waals surface area contributed by atoms with Crippen molar-refractivity contribution in [2.45, 2.75) is 101 Å². The van der Waals surface area contributed by atoms with E-state index >= 15 is 4.79 Å². The Morgan fingerprint density at radius 1 is 0.868 bits per heavy atom. The molecule has 0 radical (unpaired) electrons. The number of ether oxygens (including phenoxy) is 5. The van der Waals surface area contributed by atoms with Gasteiger partial charge in [-0.1, -0.05) is 80.6 Å². The molecule has 1 heterocycles. The summed E-state index contributed by atoms with van der Waals surface area (Å²) >= 11 is 0. The van der Waals surface area contributed by atoms with Gasteiger partial charge in [0.2, 0.25) is 5.91 Å². The molecule has 68 heavy (non-hydrogen) atoms. The standard InChI is InChI=1S/C50H57N3O15/c1-27-32(65-45(61)38(57)37(29-17-11-8-12-18-29)52-43(59)30-19-13-9-14-20-30)24-50(63)42(67-44(60)31-21-15-10-16-22-31)40-48(5,33(55)23-34-49(40,26-64-34)68-28(2)54)41(58)39(36(27)47(50,3)4)66-46(62)51-25-35(56)53(6)7/h8-22,32-34,37-40,42,55,57,63H,23-26H2,1-7H3,(H,51,62)(H,52,59)/t32-,33-,34+,37-,38+,39+,40-,42-,48+,49-,50+/m0/s1. The number of fused-ring (bicyclic) bond motifs is 5. The zero-order valence-electron chi connectivity index (χ0n) is 38.8. The van der Waals surface area contributed by atoms with Crippen LogP contribution in [0.15, 0.2) is 102 Å². The Kier molecular flexibility index (Phi) is 13.7. The molecule has 3 amide bonds. The van der Waals surface area contributed by atoms with E-state index in [-0.39, 0.29) is 35.3 Å². The maximum absolute atomic E-state index is 15.8. The molecule has 3 fully saturated rings. The number of hydrogen-bond acceptors (Lipinski definition) is 15. The van der Waals surface area contributed by atoms with Crippen molar-refractivity contribution in [1.29, 1.82) is 0 Å². The number of ketones is 1. The van der Waals surface area contributed by atoms with Gasteiger partial charge in [-0.3, -0.25) is 19.2 Å². The Bertz CT molecular complexity index is 2480. The number of Topliss-reactive ketones (excluding diaryl/α,β-unsaturated/α-hetero) is 1. The van der Waals surface area contributed by atoms with Crippen molar-refractivity contribution in [1.82, 2.24) is 15.5 Å². The molecule has 3 aromatic carbocycles. The number of carbonyl (C=O) groups excluding carboxylic acids is 7. The third kappa shape index (κ3) is 8.65. The molecule has 5 N–H and O–H groups in total. The van der Waals surface area contributed by atoms with E-state index in [0.29, 0.717) is 5.56 Å². The number of hydrogen-bond donors (Lipinski definition) is 5. The van der Waals surface area contributed by atoms with Crippen molar-refractivity contribution in [2.75, 3.05) is 27.2 Å². The second kappa shape index (κ2) is 18.9. The van der Waals surface area contributed by atoms with E-state index in [1.54, 1.807) is 78.9 Å². The Morgan fingerprint density at radius 2 is 1.46 bits per heavy atom. The summed E-state index contributed by atoms with van der Waals surface area (Å²) in [7, 11) is 2.93. The number of nitrogens with one attached hydrogen (secondary N) is 2. The van der Waals surface area contributed by atoms with Crippen LogP contribution in [-0.4, -0.2) is 137 Å². The molecule has 11 atom stereocenters. The van der Waals surface area contributed by atoms with Crippen LogP contribution < -0.4 is 10.6 Å². The number of alkyl carbamates (subject to hydrolysis) is 1. The average Bonchev–Trinajstić information content (AvgIpc) is 3.31. The Labute approximate surface area is 392 Å². The smallest absolute Gasteiger partial charge is 0.408 e. The average molecular weight is 940 g/mol. The maximum atomic E-state index is 15.8. The van der Waals surface area contributed by atoms with Gasteiger partial charge < -0.3 is 54.5 Å². The van der Waals surface area contributed by atoms with Gasteiger partial charge in [0.15, 0.2) is 23.6 Å². The zero-order valence-corrected chi connectivity index (χ0v) is 38.8. The van der Waals surface area contributed by atoms with Crippen LogP contribution in [0.3, 0.4) is 0 Å². The first kappa shape index (κ1) is 49.4. The number of likely N-dealkylation sites (N-methyl/N-ethyl adjacent to an activating group) is 1. The number of carbonyl (C=O) groups is 7. The van der Waals surface area contributed by atoms with Gasteiger partial charge in [0.05, 0.1) is 35.6 Å². The van der Waals surface area contributed by atoms with Gasteiger partial charge in [0.25, 0.3) is 5.91 Å². The van der Waals surface area contributed by atoms with Gasteiger partial charge in [0.1, 0.15) is 30.5 Å². The first-order valence-corrected chi connectivity index (χ1v) is 22.3. The summed E-state index contributed by atoms with van der Waals surface area (Å²) < 4.78 is 30.6. The first-order valence-electron chi connectivity index (χ1n) is 22.3. The van der Waals surface area contributed by atoms with Crippen molar-refractivity contribution in [3.8, 4) is 0 Å². The predicted octanol–water partition coefficient (Wildman–Crippen LogP) is 2.99. The Morgan fingerprint density at radius 3 is 2.01 bits per heavy atom. The van der Waals surface area contributed by atoms with E-state index in [0.717, 1.165) is 6.92 Å². The van der Waals surface area contributed by atoms with Crippen LogP contribution in [0.25, 0.3) is 0 Å². The highest BCUT2D eigenvalue weighted by Gasteiger charge is 2.78. The van der Waals surface area contributed by atoms with Gasteiger partial charge >= 0.3 is 24.0 Å². The monoisotopic (exact) mass is 939 g/mol. The molecular weight excluding hydrogens is 883 g/mol. The van der Waals surface area contributed by atoms with E-state index in [1.807, 2.05) is 0 Å². The predicted molar refractivity (Wildman–Crippen MR) is 239 cm³/mol. The molecule has 2 saturated carbocycles. The maximum Gasteiger partial charge on any atom is 0.408 e. The fraction of sp³-hybridized carbons (Fsp3) is 0.460. The minimum absolute atomic E-state index is 0.0341. The molecule has 1 aliphatic heterocycles.